The maximum atomic E-state index is 11.4. The lowest BCUT2D eigenvalue weighted by molar-refractivity contribution is -0.386. The van der Waals surface area contributed by atoms with Crippen molar-refractivity contribution in [1.82, 2.24) is 5.32 Å². The molecule has 0 amide bonds. The van der Waals surface area contributed by atoms with E-state index in [0.29, 0.717) is 30.3 Å². The molecule has 0 atom stereocenters. The number of rotatable bonds is 8. The van der Waals surface area contributed by atoms with Crippen LogP contribution in [0, 0.1) is 10.1 Å². The standard InChI is InChI=1S/C15H21N3O4/c1-3-4-5-8-22-14-12(18(19)20)9-11(10-13(14)21-2)15-16-6-7-17-15/h9-10H,3-8H2,1-2H3,(H,16,17). The number of aliphatic imine (C=N–C) groups is 1. The number of methoxy groups -OCH3 is 1. The van der Waals surface area contributed by atoms with Gasteiger partial charge in [-0.3, -0.25) is 15.1 Å². The molecular weight excluding hydrogens is 286 g/mol. The summed E-state index contributed by atoms with van der Waals surface area (Å²) < 4.78 is 10.9. The second kappa shape index (κ2) is 7.63. The van der Waals surface area contributed by atoms with Gasteiger partial charge in [0.05, 0.1) is 25.2 Å². The summed E-state index contributed by atoms with van der Waals surface area (Å²) >= 11 is 0. The molecule has 7 nitrogen and oxygen atoms in total. The summed E-state index contributed by atoms with van der Waals surface area (Å²) in [4.78, 5) is 15.2. The maximum Gasteiger partial charge on any atom is 0.315 e. The Balaban J connectivity index is 2.31. The first kappa shape index (κ1) is 16.1. The van der Waals surface area contributed by atoms with E-state index in [1.54, 1.807) is 6.07 Å². The predicted molar refractivity (Wildman–Crippen MR) is 84.1 cm³/mol. The minimum absolute atomic E-state index is 0.0951. The molecular formula is C15H21N3O4. The van der Waals surface area contributed by atoms with Gasteiger partial charge < -0.3 is 14.8 Å². The number of unbranched alkanes of at least 4 members (excludes halogenated alkanes) is 2. The highest BCUT2D eigenvalue weighted by molar-refractivity contribution is 6.01. The number of hydrogen-bond acceptors (Lipinski definition) is 6. The molecule has 2 rings (SSSR count). The van der Waals surface area contributed by atoms with Gasteiger partial charge in [0.25, 0.3) is 0 Å². The quantitative estimate of drug-likeness (QED) is 0.453. The highest BCUT2D eigenvalue weighted by Gasteiger charge is 2.24. The molecule has 120 valence electrons. The Hall–Kier alpha value is -2.31. The lowest BCUT2D eigenvalue weighted by Crippen LogP contribution is -2.19. The van der Waals surface area contributed by atoms with Crippen molar-refractivity contribution < 1.29 is 14.4 Å². The van der Waals surface area contributed by atoms with Crippen molar-refractivity contribution in [1.29, 1.82) is 0 Å². The Bertz CT molecular complexity index is 572. The van der Waals surface area contributed by atoms with Crippen molar-refractivity contribution in [2.75, 3.05) is 26.8 Å². The number of nitro groups is 1. The van der Waals surface area contributed by atoms with Gasteiger partial charge in [0.15, 0.2) is 5.75 Å². The minimum Gasteiger partial charge on any atom is -0.493 e. The van der Waals surface area contributed by atoms with Crippen LogP contribution in [0.4, 0.5) is 5.69 Å². The van der Waals surface area contributed by atoms with Crippen molar-refractivity contribution in [3.63, 3.8) is 0 Å². The molecule has 0 aliphatic carbocycles. The van der Waals surface area contributed by atoms with E-state index in [2.05, 4.69) is 17.2 Å². The van der Waals surface area contributed by atoms with E-state index in [0.717, 1.165) is 25.8 Å². The van der Waals surface area contributed by atoms with E-state index in [1.807, 2.05) is 0 Å². The molecule has 0 saturated heterocycles. The van der Waals surface area contributed by atoms with Crippen LogP contribution < -0.4 is 14.8 Å². The number of nitrogens with zero attached hydrogens (tertiary/aromatic N) is 2. The average Bonchev–Trinajstić information content (AvgIpc) is 3.05. The summed E-state index contributed by atoms with van der Waals surface area (Å²) in [5.41, 5.74) is 0.546. The molecule has 22 heavy (non-hydrogen) atoms. The van der Waals surface area contributed by atoms with Crippen LogP contribution >= 0.6 is 0 Å². The zero-order valence-corrected chi connectivity index (χ0v) is 12.9. The van der Waals surface area contributed by atoms with Crippen LogP contribution in [0.5, 0.6) is 11.5 Å². The van der Waals surface area contributed by atoms with Gasteiger partial charge in [0.2, 0.25) is 5.75 Å². The Morgan fingerprint density at radius 1 is 1.41 bits per heavy atom. The van der Waals surface area contributed by atoms with Gasteiger partial charge in [-0.1, -0.05) is 19.8 Å². The summed E-state index contributed by atoms with van der Waals surface area (Å²) in [5, 5.41) is 14.5. The summed E-state index contributed by atoms with van der Waals surface area (Å²) in [6.07, 6.45) is 2.94. The third-order valence-electron chi connectivity index (χ3n) is 3.39. The lowest BCUT2D eigenvalue weighted by Gasteiger charge is -2.13. The smallest absolute Gasteiger partial charge is 0.315 e. The van der Waals surface area contributed by atoms with Crippen molar-refractivity contribution in [2.24, 2.45) is 4.99 Å². The van der Waals surface area contributed by atoms with E-state index in [9.17, 15) is 10.1 Å². The molecule has 0 fully saturated rings. The molecule has 1 heterocycles. The van der Waals surface area contributed by atoms with Crippen LogP contribution in [0.3, 0.4) is 0 Å². The van der Waals surface area contributed by atoms with Gasteiger partial charge in [-0.25, -0.2) is 0 Å². The van der Waals surface area contributed by atoms with Crippen molar-refractivity contribution in [3.05, 3.63) is 27.8 Å². The van der Waals surface area contributed by atoms with E-state index in [4.69, 9.17) is 9.47 Å². The van der Waals surface area contributed by atoms with Gasteiger partial charge in [0, 0.05) is 18.2 Å². The Morgan fingerprint density at radius 3 is 2.82 bits per heavy atom. The fourth-order valence-corrected chi connectivity index (χ4v) is 2.27. The van der Waals surface area contributed by atoms with Gasteiger partial charge in [-0.2, -0.15) is 0 Å². The number of benzene rings is 1. The Morgan fingerprint density at radius 2 is 2.23 bits per heavy atom. The number of hydrogen-bond donors (Lipinski definition) is 1. The van der Waals surface area contributed by atoms with Gasteiger partial charge in [-0.05, 0) is 12.5 Å². The molecule has 7 heteroatoms. The maximum absolute atomic E-state index is 11.4. The van der Waals surface area contributed by atoms with Crippen LogP contribution in [0.2, 0.25) is 0 Å². The molecule has 0 bridgehead atoms. The molecule has 0 unspecified atom stereocenters. The Kier molecular flexibility index (Phi) is 5.57. The Labute approximate surface area is 129 Å². The monoisotopic (exact) mass is 307 g/mol. The number of nitrogens with one attached hydrogen (secondary N) is 1. The fraction of sp³-hybridized carbons (Fsp3) is 0.533. The molecule has 1 N–H and O–H groups in total. The van der Waals surface area contributed by atoms with Gasteiger partial charge in [-0.15, -0.1) is 0 Å². The predicted octanol–water partition coefficient (Wildman–Crippen LogP) is 2.52. The third kappa shape index (κ3) is 3.66. The highest BCUT2D eigenvalue weighted by atomic mass is 16.6. The molecule has 0 radical (unpaired) electrons. The normalized spacial score (nSPS) is 13.5. The molecule has 0 aromatic heterocycles. The molecule has 1 aliphatic heterocycles. The third-order valence-corrected chi connectivity index (χ3v) is 3.39. The molecule has 0 spiro atoms. The summed E-state index contributed by atoms with van der Waals surface area (Å²) in [6, 6.07) is 3.20. The van der Waals surface area contributed by atoms with E-state index >= 15 is 0 Å². The summed E-state index contributed by atoms with van der Waals surface area (Å²) in [6.45, 7) is 3.93. The minimum atomic E-state index is -0.448. The van der Waals surface area contributed by atoms with Crippen LogP contribution in [-0.2, 0) is 0 Å². The summed E-state index contributed by atoms with van der Waals surface area (Å²) in [7, 11) is 1.48. The van der Waals surface area contributed by atoms with Crippen LogP contribution in [0.1, 0.15) is 31.7 Å². The molecule has 1 aliphatic rings. The number of nitro benzene ring substituents is 1. The van der Waals surface area contributed by atoms with Crippen molar-refractivity contribution in [2.45, 2.75) is 26.2 Å². The topological polar surface area (TPSA) is 86.0 Å². The molecule has 1 aromatic rings. The first-order valence-corrected chi connectivity index (χ1v) is 7.45. The van der Waals surface area contributed by atoms with Crippen LogP contribution in [0.15, 0.2) is 17.1 Å². The number of ether oxygens (including phenoxy) is 2. The van der Waals surface area contributed by atoms with E-state index in [1.165, 1.54) is 13.2 Å². The van der Waals surface area contributed by atoms with Crippen molar-refractivity contribution >= 4 is 11.5 Å². The average molecular weight is 307 g/mol. The first-order chi connectivity index (χ1) is 10.7. The lowest BCUT2D eigenvalue weighted by atomic mass is 10.1. The largest absolute Gasteiger partial charge is 0.493 e. The fourth-order valence-electron chi connectivity index (χ4n) is 2.27. The van der Waals surface area contributed by atoms with Gasteiger partial charge >= 0.3 is 5.69 Å². The molecule has 0 saturated carbocycles. The van der Waals surface area contributed by atoms with E-state index in [-0.39, 0.29) is 11.4 Å². The first-order valence-electron chi connectivity index (χ1n) is 7.45. The second-order valence-electron chi connectivity index (χ2n) is 5.00. The van der Waals surface area contributed by atoms with E-state index < -0.39 is 4.92 Å². The zero-order chi connectivity index (χ0) is 15.9. The zero-order valence-electron chi connectivity index (χ0n) is 12.9. The van der Waals surface area contributed by atoms with Crippen molar-refractivity contribution in [3.8, 4) is 11.5 Å². The van der Waals surface area contributed by atoms with Crippen LogP contribution in [0.25, 0.3) is 0 Å². The number of amidine groups is 1. The second-order valence-corrected chi connectivity index (χ2v) is 5.00. The summed E-state index contributed by atoms with van der Waals surface area (Å²) in [5.74, 6) is 1.20. The SMILES string of the molecule is CCCCCOc1c(OC)cc(C2=NCCN2)cc1[N+](=O)[O-]. The molecule has 1 aromatic carbocycles. The highest BCUT2D eigenvalue weighted by Crippen LogP contribution is 2.38. The van der Waals surface area contributed by atoms with Crippen LogP contribution in [-0.4, -0.2) is 37.6 Å². The van der Waals surface area contributed by atoms with Gasteiger partial charge in [0.1, 0.15) is 5.84 Å².